The average Bonchev–Trinajstić information content (AvgIpc) is 2.72. The van der Waals surface area contributed by atoms with E-state index in [0.29, 0.717) is 49.9 Å². The summed E-state index contributed by atoms with van der Waals surface area (Å²) in [6.07, 6.45) is -0.333. The van der Waals surface area contributed by atoms with Crippen LogP contribution in [-0.2, 0) is 11.8 Å². The number of hydrogen-bond acceptors (Lipinski definition) is 5. The fraction of sp³-hybridized carbons (Fsp3) is 0.615. The summed E-state index contributed by atoms with van der Waals surface area (Å²) in [7, 11) is 1.70. The molecule has 0 aliphatic carbocycles. The van der Waals surface area contributed by atoms with Crippen molar-refractivity contribution in [3.8, 4) is 0 Å². The Balaban J connectivity index is 2.02. The minimum absolute atomic E-state index is 0.154. The van der Waals surface area contributed by atoms with Crippen molar-refractivity contribution in [2.75, 3.05) is 38.5 Å². The van der Waals surface area contributed by atoms with Crippen molar-refractivity contribution in [2.45, 2.75) is 13.8 Å². The molecule has 0 radical (unpaired) electrons. The second-order valence-corrected chi connectivity index (χ2v) is 4.95. The van der Waals surface area contributed by atoms with Crippen molar-refractivity contribution in [1.82, 2.24) is 19.6 Å². The molecule has 2 amide bonds. The van der Waals surface area contributed by atoms with Gasteiger partial charge in [-0.3, -0.25) is 9.48 Å². The summed E-state index contributed by atoms with van der Waals surface area (Å²) in [5.74, 6) is -0.154. The van der Waals surface area contributed by atoms with Gasteiger partial charge in [-0.2, -0.15) is 5.10 Å². The van der Waals surface area contributed by atoms with Crippen LogP contribution >= 0.6 is 0 Å². The van der Waals surface area contributed by atoms with Crippen LogP contribution in [0.1, 0.15) is 23.1 Å². The Hall–Kier alpha value is -2.25. The lowest BCUT2D eigenvalue weighted by molar-refractivity contribution is 0.0562. The lowest BCUT2D eigenvalue weighted by Crippen LogP contribution is -2.51. The van der Waals surface area contributed by atoms with Crippen LogP contribution in [0.4, 0.5) is 10.5 Å². The Morgan fingerprint density at radius 1 is 1.24 bits per heavy atom. The first-order valence-corrected chi connectivity index (χ1v) is 6.95. The number of carbonyl (C=O) groups excluding carboxylic acids is 2. The third-order valence-corrected chi connectivity index (χ3v) is 3.56. The van der Waals surface area contributed by atoms with Crippen LogP contribution in [-0.4, -0.2) is 64.4 Å². The van der Waals surface area contributed by atoms with Gasteiger partial charge < -0.3 is 20.3 Å². The van der Waals surface area contributed by atoms with E-state index in [1.54, 1.807) is 30.7 Å². The number of aryl methyl sites for hydroxylation is 2. The number of nitrogens with two attached hydrogens (primary N) is 1. The number of amides is 2. The van der Waals surface area contributed by atoms with E-state index in [4.69, 9.17) is 10.5 Å². The third-order valence-electron chi connectivity index (χ3n) is 3.56. The molecule has 1 aromatic rings. The monoisotopic (exact) mass is 295 g/mol. The number of piperazine rings is 1. The zero-order chi connectivity index (χ0) is 15.6. The number of aromatic nitrogens is 2. The Labute approximate surface area is 123 Å². The van der Waals surface area contributed by atoms with E-state index < -0.39 is 0 Å². The van der Waals surface area contributed by atoms with Crippen LogP contribution in [0.2, 0.25) is 0 Å². The lowest BCUT2D eigenvalue weighted by atomic mass is 10.2. The Kier molecular flexibility index (Phi) is 4.35. The Bertz CT molecular complexity index is 546. The van der Waals surface area contributed by atoms with Gasteiger partial charge in [-0.25, -0.2) is 4.79 Å². The van der Waals surface area contributed by atoms with Gasteiger partial charge in [0, 0.05) is 33.2 Å². The van der Waals surface area contributed by atoms with Gasteiger partial charge in [0.25, 0.3) is 5.91 Å². The molecule has 0 unspecified atom stereocenters. The zero-order valence-electron chi connectivity index (χ0n) is 12.6. The smallest absolute Gasteiger partial charge is 0.409 e. The third kappa shape index (κ3) is 2.93. The van der Waals surface area contributed by atoms with Crippen LogP contribution in [0.5, 0.6) is 0 Å². The van der Waals surface area contributed by atoms with Gasteiger partial charge in [-0.1, -0.05) is 0 Å². The van der Waals surface area contributed by atoms with Gasteiger partial charge in [-0.15, -0.1) is 0 Å². The van der Waals surface area contributed by atoms with Crippen molar-refractivity contribution < 1.29 is 14.3 Å². The van der Waals surface area contributed by atoms with E-state index in [-0.39, 0.29) is 12.0 Å². The van der Waals surface area contributed by atoms with Crippen molar-refractivity contribution in [3.05, 3.63) is 11.4 Å². The number of rotatable bonds is 2. The summed E-state index contributed by atoms with van der Waals surface area (Å²) >= 11 is 0. The number of nitrogen functional groups attached to an aromatic ring is 1. The standard InChI is InChI=1S/C13H21N5O3/c1-4-21-13(20)18-7-5-17(6-8-18)12(19)11-10(14)9(2)15-16(11)3/h4-8,14H2,1-3H3. The quantitative estimate of drug-likeness (QED) is 0.842. The summed E-state index contributed by atoms with van der Waals surface area (Å²) < 4.78 is 6.46. The van der Waals surface area contributed by atoms with Crippen molar-refractivity contribution in [1.29, 1.82) is 0 Å². The maximum absolute atomic E-state index is 12.5. The predicted octanol–water partition coefficient (Wildman–Crippen LogP) is 0.225. The molecule has 2 N–H and O–H groups in total. The first-order valence-electron chi connectivity index (χ1n) is 6.95. The normalized spacial score (nSPS) is 15.2. The van der Waals surface area contributed by atoms with Crippen molar-refractivity contribution >= 4 is 17.7 Å². The average molecular weight is 295 g/mol. The first kappa shape index (κ1) is 15.1. The van der Waals surface area contributed by atoms with Crippen molar-refractivity contribution in [2.24, 2.45) is 7.05 Å². The summed E-state index contributed by atoms with van der Waals surface area (Å²) in [5.41, 5.74) is 7.37. The number of hydrogen-bond donors (Lipinski definition) is 1. The molecule has 0 aromatic carbocycles. The number of carbonyl (C=O) groups is 2. The van der Waals surface area contributed by atoms with Gasteiger partial charge in [0.15, 0.2) is 0 Å². The minimum Gasteiger partial charge on any atom is -0.450 e. The highest BCUT2D eigenvalue weighted by Gasteiger charge is 2.28. The van der Waals surface area contributed by atoms with Crippen LogP contribution < -0.4 is 5.73 Å². The molecular weight excluding hydrogens is 274 g/mol. The van der Waals surface area contributed by atoms with Gasteiger partial charge in [-0.05, 0) is 13.8 Å². The number of anilines is 1. The molecule has 1 fully saturated rings. The molecule has 2 rings (SSSR count). The van der Waals surface area contributed by atoms with Crippen LogP contribution in [0, 0.1) is 6.92 Å². The molecule has 8 heteroatoms. The number of nitrogens with zero attached hydrogens (tertiary/aromatic N) is 4. The summed E-state index contributed by atoms with van der Waals surface area (Å²) in [5, 5.41) is 4.15. The van der Waals surface area contributed by atoms with Gasteiger partial charge in [0.2, 0.25) is 0 Å². The SMILES string of the molecule is CCOC(=O)N1CCN(C(=O)c2c(N)c(C)nn2C)CC1. The second kappa shape index (κ2) is 6.02. The Morgan fingerprint density at radius 2 is 1.81 bits per heavy atom. The van der Waals surface area contributed by atoms with E-state index in [2.05, 4.69) is 5.10 Å². The summed E-state index contributed by atoms with van der Waals surface area (Å²) in [4.78, 5) is 27.4. The van der Waals surface area contributed by atoms with Crippen LogP contribution in [0.3, 0.4) is 0 Å². The largest absolute Gasteiger partial charge is 0.450 e. The van der Waals surface area contributed by atoms with E-state index >= 15 is 0 Å². The molecule has 1 aromatic heterocycles. The fourth-order valence-corrected chi connectivity index (χ4v) is 2.38. The van der Waals surface area contributed by atoms with Gasteiger partial charge in [0.1, 0.15) is 5.69 Å². The second-order valence-electron chi connectivity index (χ2n) is 4.95. The molecule has 0 bridgehead atoms. The topological polar surface area (TPSA) is 93.7 Å². The maximum Gasteiger partial charge on any atom is 0.409 e. The number of ether oxygens (including phenoxy) is 1. The van der Waals surface area contributed by atoms with E-state index in [1.807, 2.05) is 0 Å². The Morgan fingerprint density at radius 3 is 2.29 bits per heavy atom. The molecule has 1 aliphatic rings. The molecule has 1 saturated heterocycles. The molecule has 0 atom stereocenters. The molecule has 0 saturated carbocycles. The van der Waals surface area contributed by atoms with Gasteiger partial charge in [0.05, 0.1) is 18.0 Å². The molecule has 21 heavy (non-hydrogen) atoms. The zero-order valence-corrected chi connectivity index (χ0v) is 12.6. The predicted molar refractivity (Wildman–Crippen MR) is 76.9 cm³/mol. The molecule has 1 aliphatic heterocycles. The maximum atomic E-state index is 12.5. The highest BCUT2D eigenvalue weighted by atomic mass is 16.6. The van der Waals surface area contributed by atoms with E-state index in [0.717, 1.165) is 0 Å². The van der Waals surface area contributed by atoms with Gasteiger partial charge >= 0.3 is 6.09 Å². The minimum atomic E-state index is -0.333. The molecule has 116 valence electrons. The first-order chi connectivity index (χ1) is 9.95. The molecule has 0 spiro atoms. The highest BCUT2D eigenvalue weighted by molar-refractivity contribution is 5.98. The van der Waals surface area contributed by atoms with Crippen LogP contribution in [0.25, 0.3) is 0 Å². The molecule has 8 nitrogen and oxygen atoms in total. The molecular formula is C13H21N5O3. The summed E-state index contributed by atoms with van der Waals surface area (Å²) in [6.45, 7) is 5.73. The summed E-state index contributed by atoms with van der Waals surface area (Å²) in [6, 6.07) is 0. The van der Waals surface area contributed by atoms with Crippen molar-refractivity contribution in [3.63, 3.8) is 0 Å². The lowest BCUT2D eigenvalue weighted by Gasteiger charge is -2.34. The fourth-order valence-electron chi connectivity index (χ4n) is 2.38. The van der Waals surface area contributed by atoms with Crippen LogP contribution in [0.15, 0.2) is 0 Å². The van der Waals surface area contributed by atoms with E-state index in [9.17, 15) is 9.59 Å². The molecule has 2 heterocycles. The van der Waals surface area contributed by atoms with E-state index in [1.165, 1.54) is 4.68 Å². The highest BCUT2D eigenvalue weighted by Crippen LogP contribution is 2.18.